The van der Waals surface area contributed by atoms with Gasteiger partial charge in [0.1, 0.15) is 5.82 Å². The van der Waals surface area contributed by atoms with E-state index in [1.807, 2.05) is 60.0 Å². The zero-order chi connectivity index (χ0) is 24.5. The Morgan fingerprint density at radius 2 is 1.69 bits per heavy atom. The maximum absolute atomic E-state index is 12.2. The van der Waals surface area contributed by atoms with Gasteiger partial charge in [-0.3, -0.25) is 9.78 Å². The van der Waals surface area contributed by atoms with Crippen molar-refractivity contribution in [1.82, 2.24) is 24.9 Å². The Kier molecular flexibility index (Phi) is 5.69. The summed E-state index contributed by atoms with van der Waals surface area (Å²) in [5, 5.41) is 2.50. The number of nitrogens with zero attached hydrogens (tertiary/aromatic N) is 5. The lowest BCUT2D eigenvalue weighted by Gasteiger charge is -2.25. The van der Waals surface area contributed by atoms with Gasteiger partial charge in [-0.25, -0.2) is 15.4 Å². The highest BCUT2D eigenvalue weighted by molar-refractivity contribution is 5.97. The number of carbonyl (C=O) groups is 1. The van der Waals surface area contributed by atoms with E-state index in [0.717, 1.165) is 52.0 Å². The predicted molar refractivity (Wildman–Crippen MR) is 139 cm³/mol. The van der Waals surface area contributed by atoms with Crippen LogP contribution in [-0.4, -0.2) is 25.4 Å². The maximum Gasteiger partial charge on any atom is 0.274 e. The Hall–Kier alpha value is -4.46. The Morgan fingerprint density at radius 3 is 2.50 bits per heavy atom. The summed E-state index contributed by atoms with van der Waals surface area (Å²) in [6.45, 7) is 0. The first-order valence-electron chi connectivity index (χ1n) is 12.2. The largest absolute Gasteiger partial charge is 0.321 e. The SMILES string of the molecule is O=NNC(=O)c1ccc2c(c1)nc(-c1ccc3nc(-c4ccccc4)cnc3c1)n2C1CCCCC1. The zero-order valence-electron chi connectivity index (χ0n) is 19.6. The first-order valence-corrected chi connectivity index (χ1v) is 12.2. The Labute approximate surface area is 207 Å². The number of amides is 1. The molecule has 1 aliphatic carbocycles. The summed E-state index contributed by atoms with van der Waals surface area (Å²) >= 11 is 0. The number of benzene rings is 3. The molecule has 1 aliphatic rings. The number of carbonyl (C=O) groups excluding carboxylic acids is 1. The van der Waals surface area contributed by atoms with E-state index in [2.05, 4.69) is 9.85 Å². The number of aromatic nitrogens is 4. The summed E-state index contributed by atoms with van der Waals surface area (Å²) in [5.41, 5.74) is 8.42. The van der Waals surface area contributed by atoms with Crippen molar-refractivity contribution in [2.24, 2.45) is 5.29 Å². The third-order valence-electron chi connectivity index (χ3n) is 6.91. The molecule has 8 heteroatoms. The van der Waals surface area contributed by atoms with Crippen LogP contribution in [0.5, 0.6) is 0 Å². The molecule has 1 fully saturated rings. The lowest BCUT2D eigenvalue weighted by molar-refractivity contribution is 0.0954. The highest BCUT2D eigenvalue weighted by Crippen LogP contribution is 2.36. The van der Waals surface area contributed by atoms with Gasteiger partial charge in [-0.1, -0.05) is 49.6 Å². The minimum absolute atomic E-state index is 0.331. The fourth-order valence-corrected chi connectivity index (χ4v) is 5.16. The van der Waals surface area contributed by atoms with Crippen molar-refractivity contribution in [2.75, 3.05) is 0 Å². The third-order valence-corrected chi connectivity index (χ3v) is 6.91. The van der Waals surface area contributed by atoms with Gasteiger partial charge in [0.25, 0.3) is 5.91 Å². The van der Waals surface area contributed by atoms with Crippen molar-refractivity contribution in [3.8, 4) is 22.6 Å². The number of nitroso groups, excluding NO2 is 1. The average molecular weight is 477 g/mol. The number of hydrogen-bond acceptors (Lipinski definition) is 6. The van der Waals surface area contributed by atoms with Crippen LogP contribution in [0.4, 0.5) is 0 Å². The molecule has 1 amide bonds. The summed E-state index contributed by atoms with van der Waals surface area (Å²) in [6, 6.07) is 21.7. The first kappa shape index (κ1) is 22.0. The number of fused-ring (bicyclic) bond motifs is 2. The number of rotatable bonds is 5. The monoisotopic (exact) mass is 476 g/mol. The molecule has 178 valence electrons. The molecule has 5 aromatic rings. The smallest absolute Gasteiger partial charge is 0.274 e. The van der Waals surface area contributed by atoms with Crippen molar-refractivity contribution in [1.29, 1.82) is 0 Å². The van der Waals surface area contributed by atoms with Gasteiger partial charge in [0.15, 0.2) is 0 Å². The summed E-state index contributed by atoms with van der Waals surface area (Å²) in [6.07, 6.45) is 7.59. The zero-order valence-corrected chi connectivity index (χ0v) is 19.6. The van der Waals surface area contributed by atoms with Crippen LogP contribution in [-0.2, 0) is 0 Å². The molecule has 36 heavy (non-hydrogen) atoms. The van der Waals surface area contributed by atoms with E-state index in [9.17, 15) is 9.70 Å². The van der Waals surface area contributed by atoms with Crippen LogP contribution in [0, 0.1) is 4.91 Å². The molecule has 1 N–H and O–H groups in total. The van der Waals surface area contributed by atoms with Gasteiger partial charge in [0, 0.05) is 22.7 Å². The van der Waals surface area contributed by atoms with Gasteiger partial charge < -0.3 is 4.57 Å². The van der Waals surface area contributed by atoms with E-state index in [1.54, 1.807) is 18.3 Å². The molecule has 1 saturated carbocycles. The summed E-state index contributed by atoms with van der Waals surface area (Å²) in [5.74, 6) is 0.301. The first-order chi connectivity index (χ1) is 17.7. The Bertz CT molecular complexity index is 1590. The van der Waals surface area contributed by atoms with E-state index < -0.39 is 5.91 Å². The van der Waals surface area contributed by atoms with E-state index in [4.69, 9.17) is 15.0 Å². The van der Waals surface area contributed by atoms with Gasteiger partial charge >= 0.3 is 0 Å². The topological polar surface area (TPSA) is 102 Å². The molecule has 2 heterocycles. The predicted octanol–water partition coefficient (Wildman–Crippen LogP) is 6.23. The van der Waals surface area contributed by atoms with Crippen LogP contribution < -0.4 is 5.43 Å². The fourth-order valence-electron chi connectivity index (χ4n) is 5.16. The molecular weight excluding hydrogens is 452 g/mol. The Morgan fingerprint density at radius 1 is 0.861 bits per heavy atom. The third kappa shape index (κ3) is 4.00. The molecule has 8 nitrogen and oxygen atoms in total. The van der Waals surface area contributed by atoms with E-state index in [1.165, 1.54) is 19.3 Å². The normalized spacial score (nSPS) is 14.2. The second kappa shape index (κ2) is 9.30. The van der Waals surface area contributed by atoms with Crippen molar-refractivity contribution in [3.63, 3.8) is 0 Å². The van der Waals surface area contributed by atoms with Gasteiger partial charge in [0.2, 0.25) is 0 Å². The quantitative estimate of drug-likeness (QED) is 0.239. The lowest BCUT2D eigenvalue weighted by atomic mass is 9.94. The second-order valence-electron chi connectivity index (χ2n) is 9.16. The van der Waals surface area contributed by atoms with Crippen LogP contribution >= 0.6 is 0 Å². The van der Waals surface area contributed by atoms with Crippen LogP contribution in [0.25, 0.3) is 44.7 Å². The molecule has 6 rings (SSSR count). The second-order valence-corrected chi connectivity index (χ2v) is 9.16. The fraction of sp³-hybridized carbons (Fsp3) is 0.214. The number of nitrogens with one attached hydrogen (secondary N) is 1. The maximum atomic E-state index is 12.2. The molecule has 0 aliphatic heterocycles. The van der Waals surface area contributed by atoms with Gasteiger partial charge in [-0.05, 0) is 49.2 Å². The molecule has 0 unspecified atom stereocenters. The van der Waals surface area contributed by atoms with E-state index >= 15 is 0 Å². The number of hydrogen-bond donors (Lipinski definition) is 1. The highest BCUT2D eigenvalue weighted by atomic mass is 16.3. The Balaban J connectivity index is 1.46. The van der Waals surface area contributed by atoms with E-state index in [0.29, 0.717) is 17.1 Å². The van der Waals surface area contributed by atoms with Crippen LogP contribution in [0.15, 0.2) is 78.2 Å². The molecule has 0 saturated heterocycles. The number of imidazole rings is 1. The average Bonchev–Trinajstić information content (AvgIpc) is 3.32. The minimum atomic E-state index is -0.545. The minimum Gasteiger partial charge on any atom is -0.321 e. The highest BCUT2D eigenvalue weighted by Gasteiger charge is 2.23. The molecule has 0 radical (unpaired) electrons. The van der Waals surface area contributed by atoms with Crippen LogP contribution in [0.3, 0.4) is 0 Å². The van der Waals surface area contributed by atoms with Crippen LogP contribution in [0.1, 0.15) is 48.5 Å². The molecular formula is C28H24N6O2. The van der Waals surface area contributed by atoms with Crippen molar-refractivity contribution < 1.29 is 4.79 Å². The van der Waals surface area contributed by atoms with E-state index in [-0.39, 0.29) is 0 Å². The van der Waals surface area contributed by atoms with Crippen LogP contribution in [0.2, 0.25) is 0 Å². The van der Waals surface area contributed by atoms with Gasteiger partial charge in [-0.15, -0.1) is 4.91 Å². The summed E-state index contributed by atoms with van der Waals surface area (Å²) < 4.78 is 2.31. The van der Waals surface area contributed by atoms with Crippen molar-refractivity contribution >= 4 is 28.0 Å². The van der Waals surface area contributed by atoms with Gasteiger partial charge in [0.05, 0.1) is 39.2 Å². The summed E-state index contributed by atoms with van der Waals surface area (Å²) in [7, 11) is 0. The molecule has 0 spiro atoms. The van der Waals surface area contributed by atoms with Gasteiger partial charge in [-0.2, -0.15) is 0 Å². The molecule has 2 aromatic heterocycles. The summed E-state index contributed by atoms with van der Waals surface area (Å²) in [4.78, 5) is 37.2. The molecule has 3 aromatic carbocycles. The van der Waals surface area contributed by atoms with Crippen molar-refractivity contribution in [2.45, 2.75) is 38.1 Å². The standard InChI is InChI=1S/C28H24N6O2/c35-28(32-33-36)20-12-14-26-24(16-20)31-27(34(26)21-9-5-2-6-10-21)19-11-13-22-23(15-19)29-17-25(30-22)18-7-3-1-4-8-18/h1,3-4,7-8,11-17,21H,2,5-6,9-10H2,(H,32,35,36). The lowest BCUT2D eigenvalue weighted by Crippen LogP contribution is -2.16. The van der Waals surface area contributed by atoms with Crippen molar-refractivity contribution in [3.05, 3.63) is 83.4 Å². The molecule has 0 atom stereocenters. The molecule has 0 bridgehead atoms.